The van der Waals surface area contributed by atoms with E-state index in [0.29, 0.717) is 17.9 Å². The summed E-state index contributed by atoms with van der Waals surface area (Å²) < 4.78 is 10.3. The van der Waals surface area contributed by atoms with Crippen LogP contribution in [-0.2, 0) is 6.42 Å². The fraction of sp³-hybridized carbons (Fsp3) is 0.176. The van der Waals surface area contributed by atoms with Crippen LogP contribution >= 0.6 is 0 Å². The van der Waals surface area contributed by atoms with Crippen molar-refractivity contribution in [3.8, 4) is 17.2 Å². The highest BCUT2D eigenvalue weighted by atomic mass is 16.5. The van der Waals surface area contributed by atoms with Crippen molar-refractivity contribution in [2.75, 3.05) is 14.2 Å². The Hall–Kier alpha value is -2.42. The average Bonchev–Trinajstić information content (AvgIpc) is 2.49. The molecule has 0 atom stereocenters. The number of ether oxygens (including phenoxy) is 2. The minimum atomic E-state index is 0.129. The lowest BCUT2D eigenvalue weighted by atomic mass is 10.1. The molecule has 2 aromatic rings. The Balaban J connectivity index is 2.16. The van der Waals surface area contributed by atoms with Crippen LogP contribution in [0.2, 0.25) is 0 Å². The topological polar surface area (TPSA) is 38.7 Å². The second-order valence-electron chi connectivity index (χ2n) is 4.33. The van der Waals surface area contributed by atoms with Crippen molar-refractivity contribution in [3.05, 3.63) is 59.7 Å². The van der Waals surface area contributed by atoms with E-state index < -0.39 is 0 Å². The predicted octanol–water partition coefficient (Wildman–Crippen LogP) is 3.67. The molecule has 0 bridgehead atoms. The number of rotatable bonds is 5. The zero-order chi connectivity index (χ0) is 14.4. The first-order valence-electron chi connectivity index (χ1n) is 6.40. The van der Waals surface area contributed by atoms with Gasteiger partial charge in [0, 0.05) is 5.56 Å². The maximum atomic E-state index is 10.2. The second-order valence-corrected chi connectivity index (χ2v) is 4.33. The van der Waals surface area contributed by atoms with Gasteiger partial charge < -0.3 is 14.6 Å². The molecule has 0 fully saturated rings. The van der Waals surface area contributed by atoms with Crippen LogP contribution in [0, 0.1) is 0 Å². The quantitative estimate of drug-likeness (QED) is 0.901. The minimum Gasteiger partial charge on any atom is -0.504 e. The molecule has 0 aliphatic heterocycles. The lowest BCUT2D eigenvalue weighted by molar-refractivity contribution is 0.331. The van der Waals surface area contributed by atoms with Crippen LogP contribution in [0.1, 0.15) is 11.1 Å². The molecule has 0 heterocycles. The molecule has 3 heteroatoms. The molecule has 0 unspecified atom stereocenters. The van der Waals surface area contributed by atoms with Gasteiger partial charge in [0.25, 0.3) is 0 Å². The van der Waals surface area contributed by atoms with Crippen LogP contribution in [0.15, 0.2) is 48.5 Å². The van der Waals surface area contributed by atoms with Crippen molar-refractivity contribution >= 4 is 6.08 Å². The summed E-state index contributed by atoms with van der Waals surface area (Å²) in [6.07, 6.45) is 4.66. The molecule has 3 nitrogen and oxygen atoms in total. The number of phenols is 1. The van der Waals surface area contributed by atoms with E-state index in [1.165, 1.54) is 7.11 Å². The van der Waals surface area contributed by atoms with Crippen molar-refractivity contribution in [1.29, 1.82) is 0 Å². The van der Waals surface area contributed by atoms with Crippen LogP contribution in [0.3, 0.4) is 0 Å². The summed E-state index contributed by atoms with van der Waals surface area (Å²) in [7, 11) is 3.06. The first kappa shape index (κ1) is 14.0. The van der Waals surface area contributed by atoms with Gasteiger partial charge in [-0.3, -0.25) is 0 Å². The number of aromatic hydroxyl groups is 1. The van der Waals surface area contributed by atoms with Crippen LogP contribution in [-0.4, -0.2) is 19.3 Å². The number of methoxy groups -OCH3 is 2. The van der Waals surface area contributed by atoms with Crippen LogP contribution in [0.25, 0.3) is 6.08 Å². The zero-order valence-electron chi connectivity index (χ0n) is 11.7. The highest BCUT2D eigenvalue weighted by molar-refractivity contribution is 5.56. The lowest BCUT2D eigenvalue weighted by Crippen LogP contribution is -1.93. The molecule has 0 amide bonds. The Labute approximate surface area is 119 Å². The summed E-state index contributed by atoms with van der Waals surface area (Å²) in [6.45, 7) is 0. The number of allylic oxidation sites excluding steroid dienone is 1. The molecule has 0 aromatic heterocycles. The molecule has 0 saturated heterocycles. The van der Waals surface area contributed by atoms with Gasteiger partial charge in [0.1, 0.15) is 0 Å². The molecular formula is C17H18O3. The Morgan fingerprint density at radius 3 is 2.40 bits per heavy atom. The van der Waals surface area contributed by atoms with Crippen molar-refractivity contribution in [1.82, 2.24) is 0 Å². The van der Waals surface area contributed by atoms with Crippen LogP contribution < -0.4 is 9.47 Å². The van der Waals surface area contributed by atoms with E-state index in [0.717, 1.165) is 11.1 Å². The van der Waals surface area contributed by atoms with Gasteiger partial charge in [-0.15, -0.1) is 0 Å². The van der Waals surface area contributed by atoms with E-state index >= 15 is 0 Å². The smallest absolute Gasteiger partial charge is 0.203 e. The van der Waals surface area contributed by atoms with E-state index in [-0.39, 0.29) is 5.75 Å². The number of benzene rings is 2. The highest BCUT2D eigenvalue weighted by Crippen LogP contribution is 2.39. The third-order valence-corrected chi connectivity index (χ3v) is 3.05. The molecule has 20 heavy (non-hydrogen) atoms. The van der Waals surface area contributed by atoms with E-state index in [1.807, 2.05) is 48.6 Å². The summed E-state index contributed by atoms with van der Waals surface area (Å²) in [5.41, 5.74) is 1.93. The summed E-state index contributed by atoms with van der Waals surface area (Å²) in [5.74, 6) is 1.03. The Bertz CT molecular complexity index is 589. The normalized spacial score (nSPS) is 10.7. The minimum absolute atomic E-state index is 0.129. The van der Waals surface area contributed by atoms with Gasteiger partial charge >= 0.3 is 0 Å². The first-order valence-corrected chi connectivity index (χ1v) is 6.40. The maximum absolute atomic E-state index is 10.2. The third kappa shape index (κ3) is 3.12. The molecule has 0 spiro atoms. The van der Waals surface area contributed by atoms with Gasteiger partial charge in [0.15, 0.2) is 11.5 Å². The van der Waals surface area contributed by atoms with Crippen molar-refractivity contribution in [2.24, 2.45) is 0 Å². The largest absolute Gasteiger partial charge is 0.504 e. The Kier molecular flexibility index (Phi) is 4.66. The predicted molar refractivity (Wildman–Crippen MR) is 80.4 cm³/mol. The summed E-state index contributed by atoms with van der Waals surface area (Å²) in [4.78, 5) is 0. The molecule has 0 aliphatic carbocycles. The van der Waals surface area contributed by atoms with Gasteiger partial charge in [-0.2, -0.15) is 0 Å². The summed E-state index contributed by atoms with van der Waals surface area (Å²) in [5, 5.41) is 10.2. The zero-order valence-corrected chi connectivity index (χ0v) is 11.7. The first-order chi connectivity index (χ1) is 9.76. The molecular weight excluding hydrogens is 252 g/mol. The summed E-state index contributed by atoms with van der Waals surface area (Å²) >= 11 is 0. The monoisotopic (exact) mass is 270 g/mol. The second kappa shape index (κ2) is 6.66. The Morgan fingerprint density at radius 2 is 1.75 bits per heavy atom. The molecule has 0 radical (unpaired) electrons. The number of hydrogen-bond donors (Lipinski definition) is 1. The third-order valence-electron chi connectivity index (χ3n) is 3.05. The van der Waals surface area contributed by atoms with Gasteiger partial charge in [0.05, 0.1) is 14.2 Å². The van der Waals surface area contributed by atoms with Crippen molar-refractivity contribution in [3.63, 3.8) is 0 Å². The Morgan fingerprint density at radius 1 is 1.00 bits per heavy atom. The fourth-order valence-corrected chi connectivity index (χ4v) is 2.00. The van der Waals surface area contributed by atoms with Crippen molar-refractivity contribution < 1.29 is 14.6 Å². The molecule has 0 aliphatic rings. The molecule has 2 rings (SSSR count). The fourth-order valence-electron chi connectivity index (χ4n) is 2.00. The SMILES string of the molecule is COc1ccc(C/C=C/c2ccccc2)c(O)c1OC. The van der Waals surface area contributed by atoms with Gasteiger partial charge in [-0.05, 0) is 18.1 Å². The van der Waals surface area contributed by atoms with E-state index in [4.69, 9.17) is 9.47 Å². The molecule has 1 N–H and O–H groups in total. The molecule has 2 aromatic carbocycles. The van der Waals surface area contributed by atoms with E-state index in [2.05, 4.69) is 0 Å². The van der Waals surface area contributed by atoms with Gasteiger partial charge in [-0.25, -0.2) is 0 Å². The molecule has 0 saturated carbocycles. The van der Waals surface area contributed by atoms with Crippen LogP contribution in [0.4, 0.5) is 0 Å². The maximum Gasteiger partial charge on any atom is 0.203 e. The molecule has 104 valence electrons. The van der Waals surface area contributed by atoms with E-state index in [1.54, 1.807) is 13.2 Å². The van der Waals surface area contributed by atoms with Gasteiger partial charge in [0.2, 0.25) is 5.75 Å². The number of hydrogen-bond acceptors (Lipinski definition) is 3. The lowest BCUT2D eigenvalue weighted by Gasteiger charge is -2.11. The highest BCUT2D eigenvalue weighted by Gasteiger charge is 2.12. The summed E-state index contributed by atoms with van der Waals surface area (Å²) in [6, 6.07) is 13.7. The average molecular weight is 270 g/mol. The van der Waals surface area contributed by atoms with Crippen molar-refractivity contribution in [2.45, 2.75) is 6.42 Å². The van der Waals surface area contributed by atoms with Gasteiger partial charge in [-0.1, -0.05) is 48.6 Å². The van der Waals surface area contributed by atoms with Crippen LogP contribution in [0.5, 0.6) is 17.2 Å². The number of phenolic OH excluding ortho intramolecular Hbond substituents is 1. The van der Waals surface area contributed by atoms with E-state index in [9.17, 15) is 5.11 Å². The standard InChI is InChI=1S/C17H18O3/c1-19-15-12-11-14(16(18)17(15)20-2)10-6-9-13-7-4-3-5-8-13/h3-9,11-12,18H,10H2,1-2H3/b9-6+.